The Morgan fingerprint density at radius 3 is 1.95 bits per heavy atom. The predicted molar refractivity (Wildman–Crippen MR) is 135 cm³/mol. The van der Waals surface area contributed by atoms with Crippen molar-refractivity contribution >= 4 is 35.4 Å². The summed E-state index contributed by atoms with van der Waals surface area (Å²) in [5.41, 5.74) is 12.8. The van der Waals surface area contributed by atoms with Crippen molar-refractivity contribution in [3.8, 4) is 11.5 Å². The van der Waals surface area contributed by atoms with E-state index in [1.54, 1.807) is 12.1 Å². The SMILES string of the molecule is Nc1cc(N)cc(C(=O)OCCOC(=O)/C=C/c2ccc(OC(=O)c3ccc(OCC(F)(F)F)cc3)cc2)c1. The highest BCUT2D eigenvalue weighted by atomic mass is 19.4. The lowest BCUT2D eigenvalue weighted by Gasteiger charge is -2.09. The molecule has 0 saturated heterocycles. The molecule has 0 aliphatic carbocycles. The van der Waals surface area contributed by atoms with Crippen LogP contribution in [0.25, 0.3) is 6.08 Å². The Kier molecular flexibility index (Phi) is 9.52. The average molecular weight is 544 g/mol. The van der Waals surface area contributed by atoms with E-state index in [0.717, 1.165) is 0 Å². The van der Waals surface area contributed by atoms with Crippen LogP contribution < -0.4 is 20.9 Å². The van der Waals surface area contributed by atoms with E-state index in [-0.39, 0.29) is 35.8 Å². The molecule has 0 aliphatic heterocycles. The molecule has 12 heteroatoms. The Labute approximate surface area is 220 Å². The maximum absolute atomic E-state index is 12.3. The maximum Gasteiger partial charge on any atom is 0.422 e. The monoisotopic (exact) mass is 544 g/mol. The number of ether oxygens (including phenoxy) is 4. The van der Waals surface area contributed by atoms with Crippen LogP contribution in [0.15, 0.2) is 72.8 Å². The summed E-state index contributed by atoms with van der Waals surface area (Å²) in [5.74, 6) is -1.88. The van der Waals surface area contributed by atoms with E-state index in [0.29, 0.717) is 16.9 Å². The van der Waals surface area contributed by atoms with E-state index in [2.05, 4.69) is 4.74 Å². The number of hydrogen-bond acceptors (Lipinski definition) is 9. The van der Waals surface area contributed by atoms with Gasteiger partial charge in [0, 0.05) is 17.5 Å². The summed E-state index contributed by atoms with van der Waals surface area (Å²) >= 11 is 0. The Morgan fingerprint density at radius 2 is 1.33 bits per heavy atom. The van der Waals surface area contributed by atoms with Crippen molar-refractivity contribution in [1.29, 1.82) is 0 Å². The molecule has 0 spiro atoms. The van der Waals surface area contributed by atoms with Gasteiger partial charge in [-0.15, -0.1) is 0 Å². The summed E-state index contributed by atoms with van der Waals surface area (Å²) in [6, 6.07) is 15.5. The molecular formula is C27H23F3N2O7. The van der Waals surface area contributed by atoms with Crippen LogP contribution in [0.4, 0.5) is 24.5 Å². The lowest BCUT2D eigenvalue weighted by molar-refractivity contribution is -0.153. The maximum atomic E-state index is 12.3. The summed E-state index contributed by atoms with van der Waals surface area (Å²) < 4.78 is 56.5. The van der Waals surface area contributed by atoms with Crippen LogP contribution in [0.5, 0.6) is 11.5 Å². The Bertz CT molecular complexity index is 1320. The Balaban J connectivity index is 1.41. The number of carbonyl (C=O) groups excluding carboxylic acids is 3. The van der Waals surface area contributed by atoms with Crippen LogP contribution >= 0.6 is 0 Å². The fraction of sp³-hybridized carbons (Fsp3) is 0.148. The van der Waals surface area contributed by atoms with Crippen molar-refractivity contribution in [1.82, 2.24) is 0 Å². The van der Waals surface area contributed by atoms with Crippen molar-refractivity contribution in [2.75, 3.05) is 31.3 Å². The zero-order valence-electron chi connectivity index (χ0n) is 20.3. The lowest BCUT2D eigenvalue weighted by Crippen LogP contribution is -2.19. The van der Waals surface area contributed by atoms with Gasteiger partial charge in [0.1, 0.15) is 24.7 Å². The fourth-order valence-electron chi connectivity index (χ4n) is 3.03. The second-order valence-corrected chi connectivity index (χ2v) is 7.91. The second kappa shape index (κ2) is 13.0. The molecule has 0 unspecified atom stereocenters. The number of carbonyl (C=O) groups is 3. The first-order chi connectivity index (χ1) is 18.5. The van der Waals surface area contributed by atoms with E-state index in [1.807, 2.05) is 0 Å². The van der Waals surface area contributed by atoms with Gasteiger partial charge >= 0.3 is 24.1 Å². The van der Waals surface area contributed by atoms with E-state index in [1.165, 1.54) is 66.7 Å². The number of rotatable bonds is 10. The summed E-state index contributed by atoms with van der Waals surface area (Å²) in [5, 5.41) is 0. The van der Waals surface area contributed by atoms with Crippen LogP contribution in [0.1, 0.15) is 26.3 Å². The first kappa shape index (κ1) is 28.6. The minimum absolute atomic E-state index is 0.0389. The van der Waals surface area contributed by atoms with Gasteiger partial charge in [0.15, 0.2) is 6.61 Å². The quantitative estimate of drug-likeness (QED) is 0.125. The molecule has 0 bridgehead atoms. The molecule has 0 aromatic heterocycles. The first-order valence-corrected chi connectivity index (χ1v) is 11.3. The van der Waals surface area contributed by atoms with Crippen molar-refractivity contribution < 1.29 is 46.5 Å². The average Bonchev–Trinajstić information content (AvgIpc) is 2.88. The third-order valence-corrected chi connectivity index (χ3v) is 4.77. The molecule has 0 heterocycles. The minimum Gasteiger partial charge on any atom is -0.484 e. The van der Waals surface area contributed by atoms with Gasteiger partial charge in [0.2, 0.25) is 0 Å². The van der Waals surface area contributed by atoms with Crippen LogP contribution in [0.3, 0.4) is 0 Å². The number of nitrogen functional groups attached to an aromatic ring is 2. The molecule has 204 valence electrons. The second-order valence-electron chi connectivity index (χ2n) is 7.91. The number of anilines is 2. The third kappa shape index (κ3) is 9.76. The van der Waals surface area contributed by atoms with Crippen LogP contribution in [0.2, 0.25) is 0 Å². The molecule has 39 heavy (non-hydrogen) atoms. The lowest BCUT2D eigenvalue weighted by atomic mass is 10.2. The highest BCUT2D eigenvalue weighted by molar-refractivity contribution is 5.92. The van der Waals surface area contributed by atoms with Gasteiger partial charge in [-0.3, -0.25) is 0 Å². The smallest absolute Gasteiger partial charge is 0.422 e. The number of alkyl halides is 3. The predicted octanol–water partition coefficient (Wildman–Crippen LogP) is 4.42. The van der Waals surface area contributed by atoms with E-state index < -0.39 is 30.7 Å². The molecule has 0 saturated carbocycles. The molecule has 4 N–H and O–H groups in total. The largest absolute Gasteiger partial charge is 0.484 e. The molecule has 0 amide bonds. The molecule has 0 aliphatic rings. The molecule has 0 fully saturated rings. The van der Waals surface area contributed by atoms with Gasteiger partial charge in [-0.1, -0.05) is 12.1 Å². The van der Waals surface area contributed by atoms with Crippen molar-refractivity contribution in [2.45, 2.75) is 6.18 Å². The summed E-state index contributed by atoms with van der Waals surface area (Å²) in [7, 11) is 0. The van der Waals surface area contributed by atoms with Gasteiger partial charge in [0.25, 0.3) is 0 Å². The van der Waals surface area contributed by atoms with Crippen LogP contribution in [-0.2, 0) is 14.3 Å². The summed E-state index contributed by atoms with van der Waals surface area (Å²) in [4.78, 5) is 36.1. The third-order valence-electron chi connectivity index (χ3n) is 4.77. The molecule has 3 aromatic carbocycles. The van der Waals surface area contributed by atoms with E-state index >= 15 is 0 Å². The van der Waals surface area contributed by atoms with Gasteiger partial charge in [0.05, 0.1) is 11.1 Å². The first-order valence-electron chi connectivity index (χ1n) is 11.3. The normalized spacial score (nSPS) is 11.2. The minimum atomic E-state index is -4.47. The highest BCUT2D eigenvalue weighted by Gasteiger charge is 2.28. The van der Waals surface area contributed by atoms with Gasteiger partial charge in [-0.05, 0) is 66.2 Å². The topological polar surface area (TPSA) is 140 Å². The number of benzene rings is 3. The highest BCUT2D eigenvalue weighted by Crippen LogP contribution is 2.20. The van der Waals surface area contributed by atoms with Gasteiger partial charge in [-0.25, -0.2) is 14.4 Å². The fourth-order valence-corrected chi connectivity index (χ4v) is 3.03. The van der Waals surface area contributed by atoms with E-state index in [9.17, 15) is 27.6 Å². The van der Waals surface area contributed by atoms with Crippen LogP contribution in [-0.4, -0.2) is 43.9 Å². The standard InChI is InChI=1S/C27H23F3N2O7/c28-27(29,30)16-38-22-8-4-18(5-9-22)26(35)39-23-6-1-17(2-7-23)3-10-24(33)36-11-12-37-25(34)19-13-20(31)15-21(32)14-19/h1-10,13-15H,11-12,16,31-32H2/b10-3+. The summed E-state index contributed by atoms with van der Waals surface area (Å²) in [6.07, 6.45) is -1.83. The molecule has 3 rings (SSSR count). The number of halogens is 3. The Morgan fingerprint density at radius 1 is 0.744 bits per heavy atom. The summed E-state index contributed by atoms with van der Waals surface area (Å²) in [6.45, 7) is -1.78. The van der Waals surface area contributed by atoms with Crippen LogP contribution in [0, 0.1) is 0 Å². The van der Waals surface area contributed by atoms with Crippen molar-refractivity contribution in [3.63, 3.8) is 0 Å². The van der Waals surface area contributed by atoms with Gasteiger partial charge < -0.3 is 30.4 Å². The zero-order chi connectivity index (χ0) is 28.4. The molecular weight excluding hydrogens is 521 g/mol. The molecule has 9 nitrogen and oxygen atoms in total. The van der Waals surface area contributed by atoms with Crippen molar-refractivity contribution in [3.05, 3.63) is 89.5 Å². The number of nitrogens with two attached hydrogens (primary N) is 2. The molecule has 0 atom stereocenters. The number of hydrogen-bond donors (Lipinski definition) is 2. The molecule has 0 radical (unpaired) electrons. The Hall–Kier alpha value is -5.00. The zero-order valence-corrected chi connectivity index (χ0v) is 20.3. The van der Waals surface area contributed by atoms with E-state index in [4.69, 9.17) is 25.7 Å². The molecule has 3 aromatic rings. The van der Waals surface area contributed by atoms with Crippen molar-refractivity contribution in [2.24, 2.45) is 0 Å². The van der Waals surface area contributed by atoms with Gasteiger partial charge in [-0.2, -0.15) is 13.2 Å². The number of esters is 3.